The Kier molecular flexibility index (Phi) is 2.29. The minimum Gasteiger partial charge on any atom is -0.457 e. The molecule has 1 aromatic rings. The van der Waals surface area contributed by atoms with Crippen molar-refractivity contribution in [2.24, 2.45) is 5.41 Å². The van der Waals surface area contributed by atoms with Crippen LogP contribution in [0.2, 0.25) is 0 Å². The Balaban J connectivity index is 2.21. The lowest BCUT2D eigenvalue weighted by molar-refractivity contribution is -0.147. The highest BCUT2D eigenvalue weighted by Gasteiger charge is 2.41. The largest absolute Gasteiger partial charge is 0.457 e. The van der Waals surface area contributed by atoms with E-state index in [2.05, 4.69) is 12.1 Å². The number of hydrogen-bond acceptors (Lipinski definition) is 2. The van der Waals surface area contributed by atoms with Crippen molar-refractivity contribution >= 4 is 5.97 Å². The van der Waals surface area contributed by atoms with E-state index in [0.29, 0.717) is 0 Å². The van der Waals surface area contributed by atoms with E-state index < -0.39 is 0 Å². The predicted molar refractivity (Wildman–Crippen MR) is 58.4 cm³/mol. The maximum Gasteiger partial charge on any atom is 0.312 e. The number of hydrogen-bond donors (Lipinski definition) is 0. The molecule has 1 aliphatic rings. The van der Waals surface area contributed by atoms with Crippen molar-refractivity contribution in [1.29, 1.82) is 0 Å². The summed E-state index contributed by atoms with van der Waals surface area (Å²) in [6, 6.07) is 8.17. The Morgan fingerprint density at radius 2 is 1.87 bits per heavy atom. The molecule has 1 atom stereocenters. The van der Waals surface area contributed by atoms with Crippen molar-refractivity contribution in [3.63, 3.8) is 0 Å². The highest BCUT2D eigenvalue weighted by atomic mass is 16.6. The van der Waals surface area contributed by atoms with Crippen molar-refractivity contribution in [3.05, 3.63) is 35.4 Å². The van der Waals surface area contributed by atoms with E-state index >= 15 is 0 Å². The fraction of sp³-hybridized carbons (Fsp3) is 0.462. The molecule has 0 N–H and O–H groups in total. The molecule has 1 aromatic carbocycles. The van der Waals surface area contributed by atoms with Gasteiger partial charge in [0.25, 0.3) is 0 Å². The first-order chi connectivity index (χ1) is 6.99. The van der Waals surface area contributed by atoms with Crippen LogP contribution in [0.15, 0.2) is 24.3 Å². The lowest BCUT2D eigenvalue weighted by Gasteiger charge is -2.10. The maximum absolute atomic E-state index is 11.5. The number of aryl methyl sites for hydroxylation is 1. The summed E-state index contributed by atoms with van der Waals surface area (Å²) in [5.41, 5.74) is 1.98. The molecule has 1 saturated heterocycles. The molecule has 80 valence electrons. The fourth-order valence-corrected chi connectivity index (χ4v) is 1.84. The number of esters is 1. The summed E-state index contributed by atoms with van der Waals surface area (Å²) < 4.78 is 5.36. The van der Waals surface area contributed by atoms with Crippen LogP contribution in [0.5, 0.6) is 0 Å². The highest BCUT2D eigenvalue weighted by Crippen LogP contribution is 2.41. The fourth-order valence-electron chi connectivity index (χ4n) is 1.84. The third-order valence-corrected chi connectivity index (χ3v) is 2.95. The van der Waals surface area contributed by atoms with Crippen molar-refractivity contribution in [3.8, 4) is 0 Å². The summed E-state index contributed by atoms with van der Waals surface area (Å²) in [5, 5.41) is 0. The van der Waals surface area contributed by atoms with Crippen LogP contribution < -0.4 is 0 Å². The van der Waals surface area contributed by atoms with Crippen LogP contribution in [-0.4, -0.2) is 5.97 Å². The molecule has 1 fully saturated rings. The van der Waals surface area contributed by atoms with Gasteiger partial charge in [0.05, 0.1) is 5.41 Å². The minimum atomic E-state index is -0.338. The highest BCUT2D eigenvalue weighted by molar-refractivity contribution is 5.78. The first-order valence-electron chi connectivity index (χ1n) is 5.27. The van der Waals surface area contributed by atoms with Gasteiger partial charge in [-0.25, -0.2) is 0 Å². The van der Waals surface area contributed by atoms with Gasteiger partial charge in [-0.2, -0.15) is 0 Å². The SMILES string of the molecule is Cc1ccc([C@@H]2CC(C)(C)C(=O)O2)cc1. The van der Waals surface area contributed by atoms with Gasteiger partial charge in [-0.05, 0) is 26.3 Å². The van der Waals surface area contributed by atoms with Crippen molar-refractivity contribution < 1.29 is 9.53 Å². The molecular formula is C13H16O2. The van der Waals surface area contributed by atoms with Gasteiger partial charge in [0, 0.05) is 6.42 Å². The van der Waals surface area contributed by atoms with E-state index in [1.165, 1.54) is 5.56 Å². The molecule has 2 rings (SSSR count). The Hall–Kier alpha value is -1.31. The summed E-state index contributed by atoms with van der Waals surface area (Å²) in [7, 11) is 0. The van der Waals surface area contributed by atoms with E-state index in [-0.39, 0.29) is 17.5 Å². The number of carbonyl (C=O) groups excluding carboxylic acids is 1. The Bertz CT molecular complexity index is 376. The monoisotopic (exact) mass is 204 g/mol. The maximum atomic E-state index is 11.5. The molecule has 15 heavy (non-hydrogen) atoms. The topological polar surface area (TPSA) is 26.3 Å². The van der Waals surface area contributed by atoms with Gasteiger partial charge < -0.3 is 4.74 Å². The van der Waals surface area contributed by atoms with E-state index in [1.54, 1.807) is 0 Å². The first kappa shape index (κ1) is 10.2. The van der Waals surface area contributed by atoms with Gasteiger partial charge in [0.2, 0.25) is 0 Å². The van der Waals surface area contributed by atoms with Gasteiger partial charge in [-0.1, -0.05) is 29.8 Å². The van der Waals surface area contributed by atoms with Gasteiger partial charge >= 0.3 is 5.97 Å². The van der Waals surface area contributed by atoms with Gasteiger partial charge in [0.1, 0.15) is 6.10 Å². The second kappa shape index (κ2) is 3.37. The molecule has 0 radical (unpaired) electrons. The number of ether oxygens (including phenoxy) is 1. The zero-order valence-corrected chi connectivity index (χ0v) is 9.41. The summed E-state index contributed by atoms with van der Waals surface area (Å²) in [6.07, 6.45) is 0.711. The zero-order chi connectivity index (χ0) is 11.1. The zero-order valence-electron chi connectivity index (χ0n) is 9.41. The summed E-state index contributed by atoms with van der Waals surface area (Å²) >= 11 is 0. The number of carbonyl (C=O) groups is 1. The van der Waals surface area contributed by atoms with Crippen LogP contribution in [0.1, 0.15) is 37.5 Å². The molecule has 2 heteroatoms. The molecule has 0 unspecified atom stereocenters. The van der Waals surface area contributed by atoms with Crippen LogP contribution in [0.3, 0.4) is 0 Å². The van der Waals surface area contributed by atoms with Crippen LogP contribution >= 0.6 is 0 Å². The molecule has 0 saturated carbocycles. The molecule has 0 aliphatic carbocycles. The molecule has 1 heterocycles. The molecule has 0 bridgehead atoms. The summed E-state index contributed by atoms with van der Waals surface area (Å²) in [5.74, 6) is -0.0897. The van der Waals surface area contributed by atoms with Crippen molar-refractivity contribution in [2.45, 2.75) is 33.3 Å². The van der Waals surface area contributed by atoms with E-state index in [4.69, 9.17) is 4.74 Å². The number of rotatable bonds is 1. The average molecular weight is 204 g/mol. The Morgan fingerprint density at radius 1 is 1.27 bits per heavy atom. The smallest absolute Gasteiger partial charge is 0.312 e. The normalized spacial score (nSPS) is 23.9. The summed E-state index contributed by atoms with van der Waals surface area (Å²) in [6.45, 7) is 5.92. The van der Waals surface area contributed by atoms with Gasteiger partial charge in [-0.15, -0.1) is 0 Å². The van der Waals surface area contributed by atoms with E-state index in [1.807, 2.05) is 32.9 Å². The van der Waals surface area contributed by atoms with Gasteiger partial charge in [0.15, 0.2) is 0 Å². The van der Waals surface area contributed by atoms with Crippen LogP contribution in [0.4, 0.5) is 0 Å². The summed E-state index contributed by atoms with van der Waals surface area (Å²) in [4.78, 5) is 11.5. The van der Waals surface area contributed by atoms with Crippen molar-refractivity contribution in [2.75, 3.05) is 0 Å². The lowest BCUT2D eigenvalue weighted by Crippen LogP contribution is -2.16. The van der Waals surface area contributed by atoms with Gasteiger partial charge in [-0.3, -0.25) is 4.79 Å². The van der Waals surface area contributed by atoms with Crippen LogP contribution in [0, 0.1) is 12.3 Å². The lowest BCUT2D eigenvalue weighted by atomic mass is 9.88. The number of cyclic esters (lactones) is 1. The Labute approximate surface area is 90.3 Å². The second-order valence-corrected chi connectivity index (χ2v) is 4.89. The molecular weight excluding hydrogens is 188 g/mol. The van der Waals surface area contributed by atoms with Crippen LogP contribution in [-0.2, 0) is 9.53 Å². The standard InChI is InChI=1S/C13H16O2/c1-9-4-6-10(7-5-9)11-8-13(2,3)12(14)15-11/h4-7,11H,8H2,1-3H3/t11-/m0/s1. The van der Waals surface area contributed by atoms with Crippen molar-refractivity contribution in [1.82, 2.24) is 0 Å². The third kappa shape index (κ3) is 1.89. The molecule has 0 aromatic heterocycles. The molecule has 1 aliphatic heterocycles. The van der Waals surface area contributed by atoms with E-state index in [9.17, 15) is 4.79 Å². The third-order valence-electron chi connectivity index (χ3n) is 2.95. The first-order valence-corrected chi connectivity index (χ1v) is 5.27. The van der Waals surface area contributed by atoms with E-state index in [0.717, 1.165) is 12.0 Å². The Morgan fingerprint density at radius 3 is 2.33 bits per heavy atom. The molecule has 0 amide bonds. The number of benzene rings is 1. The second-order valence-electron chi connectivity index (χ2n) is 4.89. The molecule has 0 spiro atoms. The molecule has 2 nitrogen and oxygen atoms in total. The minimum absolute atomic E-state index is 0.0619. The van der Waals surface area contributed by atoms with Crippen LogP contribution in [0.25, 0.3) is 0 Å². The predicted octanol–water partition coefficient (Wildman–Crippen LogP) is 3.01. The quantitative estimate of drug-likeness (QED) is 0.657. The average Bonchev–Trinajstić information content (AvgIpc) is 2.42.